The molecule has 1 aromatic rings. The van der Waals surface area contributed by atoms with Crippen LogP contribution in [-0.2, 0) is 5.41 Å². The van der Waals surface area contributed by atoms with Crippen LogP contribution < -0.4 is 0 Å². The molecular formula is C19H27N3. The maximum atomic E-state index is 9.77. The number of hydrogen-bond donors (Lipinski definition) is 0. The Bertz CT molecular complexity index is 511. The number of likely N-dealkylation sites (tertiary alicyclic amines) is 2. The average molecular weight is 297 g/mol. The van der Waals surface area contributed by atoms with Crippen LogP contribution in [0.15, 0.2) is 30.3 Å². The molecule has 2 saturated heterocycles. The molecule has 0 spiro atoms. The fourth-order valence-corrected chi connectivity index (χ4v) is 4.16. The summed E-state index contributed by atoms with van der Waals surface area (Å²) in [5.74, 6) is 0. The predicted molar refractivity (Wildman–Crippen MR) is 89.7 cm³/mol. The highest BCUT2D eigenvalue weighted by Crippen LogP contribution is 2.35. The first-order valence-electron chi connectivity index (χ1n) is 8.70. The molecule has 3 nitrogen and oxygen atoms in total. The van der Waals surface area contributed by atoms with E-state index in [0.717, 1.165) is 32.0 Å². The fraction of sp³-hybridized carbons (Fsp3) is 0.632. The Labute approximate surface area is 134 Å². The van der Waals surface area contributed by atoms with E-state index in [1.54, 1.807) is 0 Å². The number of hydrogen-bond acceptors (Lipinski definition) is 3. The lowest BCUT2D eigenvalue weighted by Crippen LogP contribution is -2.47. The van der Waals surface area contributed by atoms with Gasteiger partial charge >= 0.3 is 0 Å². The Morgan fingerprint density at radius 1 is 1.18 bits per heavy atom. The SMILES string of the molecule is CCN1CCC[C@H]1CN1CCC(C#N)(c2ccccc2)CC1. The van der Waals surface area contributed by atoms with Gasteiger partial charge in [0.25, 0.3) is 0 Å². The van der Waals surface area contributed by atoms with Crippen molar-refractivity contribution in [3.63, 3.8) is 0 Å². The minimum absolute atomic E-state index is 0.266. The molecular weight excluding hydrogens is 270 g/mol. The van der Waals surface area contributed by atoms with Crippen LogP contribution in [0.5, 0.6) is 0 Å². The van der Waals surface area contributed by atoms with E-state index < -0.39 is 0 Å². The summed E-state index contributed by atoms with van der Waals surface area (Å²) in [4.78, 5) is 5.19. The number of benzene rings is 1. The zero-order valence-electron chi connectivity index (χ0n) is 13.7. The van der Waals surface area contributed by atoms with Gasteiger partial charge in [-0.15, -0.1) is 0 Å². The zero-order chi connectivity index (χ0) is 15.4. The molecule has 0 radical (unpaired) electrons. The van der Waals surface area contributed by atoms with E-state index in [4.69, 9.17) is 0 Å². The maximum absolute atomic E-state index is 9.77. The zero-order valence-corrected chi connectivity index (χ0v) is 13.7. The molecule has 0 aromatic heterocycles. The molecule has 0 bridgehead atoms. The van der Waals surface area contributed by atoms with Gasteiger partial charge in [0, 0.05) is 25.7 Å². The van der Waals surface area contributed by atoms with E-state index in [0.29, 0.717) is 0 Å². The van der Waals surface area contributed by atoms with Crippen molar-refractivity contribution in [2.24, 2.45) is 0 Å². The Morgan fingerprint density at radius 2 is 1.91 bits per heavy atom. The fourth-order valence-electron chi connectivity index (χ4n) is 4.16. The molecule has 0 N–H and O–H groups in total. The van der Waals surface area contributed by atoms with Crippen molar-refractivity contribution in [3.8, 4) is 6.07 Å². The number of likely N-dealkylation sites (N-methyl/N-ethyl adjacent to an activating group) is 1. The quantitative estimate of drug-likeness (QED) is 0.856. The monoisotopic (exact) mass is 297 g/mol. The molecule has 3 heteroatoms. The third-order valence-electron chi connectivity index (χ3n) is 5.62. The lowest BCUT2D eigenvalue weighted by molar-refractivity contribution is 0.136. The van der Waals surface area contributed by atoms with E-state index >= 15 is 0 Å². The van der Waals surface area contributed by atoms with Gasteiger partial charge < -0.3 is 4.90 Å². The first kappa shape index (κ1) is 15.5. The minimum Gasteiger partial charge on any atom is -0.302 e. The van der Waals surface area contributed by atoms with Crippen molar-refractivity contribution in [2.75, 3.05) is 32.7 Å². The van der Waals surface area contributed by atoms with Crippen molar-refractivity contribution >= 4 is 0 Å². The summed E-state index contributed by atoms with van der Waals surface area (Å²) in [6, 6.07) is 13.7. The van der Waals surface area contributed by atoms with Crippen LogP contribution in [-0.4, -0.2) is 48.6 Å². The smallest absolute Gasteiger partial charge is 0.0846 e. The molecule has 22 heavy (non-hydrogen) atoms. The maximum Gasteiger partial charge on any atom is 0.0846 e. The molecule has 2 aliphatic rings. The first-order chi connectivity index (χ1) is 10.8. The van der Waals surface area contributed by atoms with Crippen LogP contribution in [0, 0.1) is 11.3 Å². The standard InChI is InChI=1S/C19H27N3/c1-2-22-12-6-9-18(22)15-21-13-10-19(16-20,11-14-21)17-7-4-3-5-8-17/h3-5,7-8,18H,2,6,9-15H2,1H3/t18-/m0/s1. The van der Waals surface area contributed by atoms with Crippen LogP contribution in [0.1, 0.15) is 38.2 Å². The average Bonchev–Trinajstić information content (AvgIpc) is 3.04. The second-order valence-corrected chi connectivity index (χ2v) is 6.79. The Hall–Kier alpha value is -1.37. The summed E-state index contributed by atoms with van der Waals surface area (Å²) >= 11 is 0. The van der Waals surface area contributed by atoms with Gasteiger partial charge in [-0.25, -0.2) is 0 Å². The molecule has 3 rings (SSSR count). The van der Waals surface area contributed by atoms with Crippen molar-refractivity contribution in [1.82, 2.24) is 9.80 Å². The molecule has 2 heterocycles. The molecule has 1 atom stereocenters. The Morgan fingerprint density at radius 3 is 2.55 bits per heavy atom. The van der Waals surface area contributed by atoms with Gasteiger partial charge in [0.05, 0.1) is 11.5 Å². The lowest BCUT2D eigenvalue weighted by Gasteiger charge is -2.39. The van der Waals surface area contributed by atoms with Gasteiger partial charge in [0.2, 0.25) is 0 Å². The van der Waals surface area contributed by atoms with Crippen molar-refractivity contribution < 1.29 is 0 Å². The van der Waals surface area contributed by atoms with Crippen LogP contribution in [0.2, 0.25) is 0 Å². The van der Waals surface area contributed by atoms with Gasteiger partial charge in [0.1, 0.15) is 0 Å². The molecule has 0 unspecified atom stereocenters. The second kappa shape index (κ2) is 6.81. The highest BCUT2D eigenvalue weighted by atomic mass is 15.2. The normalized spacial score (nSPS) is 25.9. The largest absolute Gasteiger partial charge is 0.302 e. The first-order valence-corrected chi connectivity index (χ1v) is 8.70. The van der Waals surface area contributed by atoms with Crippen LogP contribution >= 0.6 is 0 Å². The summed E-state index contributed by atoms with van der Waals surface area (Å²) in [7, 11) is 0. The molecule has 0 aliphatic carbocycles. The van der Waals surface area contributed by atoms with Crippen LogP contribution in [0.25, 0.3) is 0 Å². The van der Waals surface area contributed by atoms with Crippen LogP contribution in [0.3, 0.4) is 0 Å². The Balaban J connectivity index is 1.61. The summed E-state index contributed by atoms with van der Waals surface area (Å²) in [6.07, 6.45) is 4.61. The number of nitriles is 1. The van der Waals surface area contributed by atoms with Crippen molar-refractivity contribution in [1.29, 1.82) is 5.26 Å². The molecule has 2 fully saturated rings. The summed E-state index contributed by atoms with van der Waals surface area (Å²) in [5.41, 5.74) is 0.936. The third-order valence-corrected chi connectivity index (χ3v) is 5.62. The van der Waals surface area contributed by atoms with Gasteiger partial charge in [-0.05, 0) is 44.3 Å². The van der Waals surface area contributed by atoms with E-state index in [2.05, 4.69) is 47.1 Å². The summed E-state index contributed by atoms with van der Waals surface area (Å²) in [6.45, 7) is 7.99. The molecule has 2 aliphatic heterocycles. The highest BCUT2D eigenvalue weighted by molar-refractivity contribution is 5.33. The summed E-state index contributed by atoms with van der Waals surface area (Å²) in [5, 5.41) is 9.77. The molecule has 0 saturated carbocycles. The van der Waals surface area contributed by atoms with Gasteiger partial charge in [-0.3, -0.25) is 4.90 Å². The van der Waals surface area contributed by atoms with Crippen LogP contribution in [0.4, 0.5) is 0 Å². The second-order valence-electron chi connectivity index (χ2n) is 6.79. The van der Waals surface area contributed by atoms with Gasteiger partial charge in [-0.2, -0.15) is 5.26 Å². The van der Waals surface area contributed by atoms with E-state index in [1.165, 1.54) is 38.0 Å². The van der Waals surface area contributed by atoms with E-state index in [-0.39, 0.29) is 5.41 Å². The van der Waals surface area contributed by atoms with Gasteiger partial charge in [0.15, 0.2) is 0 Å². The number of rotatable bonds is 4. The highest BCUT2D eigenvalue weighted by Gasteiger charge is 2.37. The summed E-state index contributed by atoms with van der Waals surface area (Å²) < 4.78 is 0. The minimum atomic E-state index is -0.266. The molecule has 118 valence electrons. The Kier molecular flexibility index (Phi) is 4.81. The van der Waals surface area contributed by atoms with E-state index in [1.807, 2.05) is 6.07 Å². The lowest BCUT2D eigenvalue weighted by atomic mass is 9.74. The van der Waals surface area contributed by atoms with Crippen molar-refractivity contribution in [3.05, 3.63) is 35.9 Å². The molecule has 1 aromatic carbocycles. The van der Waals surface area contributed by atoms with E-state index in [9.17, 15) is 5.26 Å². The number of nitrogens with zero attached hydrogens (tertiary/aromatic N) is 3. The third kappa shape index (κ3) is 3.04. The molecule has 0 amide bonds. The topological polar surface area (TPSA) is 30.3 Å². The van der Waals surface area contributed by atoms with Gasteiger partial charge in [-0.1, -0.05) is 37.3 Å². The predicted octanol–water partition coefficient (Wildman–Crippen LogP) is 3.03. The number of piperidine rings is 1. The van der Waals surface area contributed by atoms with Crippen molar-refractivity contribution in [2.45, 2.75) is 44.1 Å².